The van der Waals surface area contributed by atoms with Gasteiger partial charge in [-0.3, -0.25) is 9.59 Å². The summed E-state index contributed by atoms with van der Waals surface area (Å²) in [6.07, 6.45) is 3.57. The smallest absolute Gasteiger partial charge is 0.259 e. The highest BCUT2D eigenvalue weighted by molar-refractivity contribution is 7.18. The van der Waals surface area contributed by atoms with Crippen molar-refractivity contribution in [1.82, 2.24) is 9.97 Å². The van der Waals surface area contributed by atoms with E-state index < -0.39 is 0 Å². The molecule has 7 nitrogen and oxygen atoms in total. The molecular formula is C25H31N3O4S. The minimum atomic E-state index is -0.181. The van der Waals surface area contributed by atoms with Crippen LogP contribution < -0.4 is 20.3 Å². The summed E-state index contributed by atoms with van der Waals surface area (Å²) in [6, 6.07) is 5.21. The maximum atomic E-state index is 12.9. The van der Waals surface area contributed by atoms with Gasteiger partial charge in [-0.2, -0.15) is 0 Å². The molecule has 2 N–H and O–H groups in total. The fraction of sp³-hybridized carbons (Fsp3) is 0.480. The summed E-state index contributed by atoms with van der Waals surface area (Å²) in [5, 5.41) is 3.59. The second kappa shape index (κ2) is 9.17. The normalized spacial score (nSPS) is 15.8. The van der Waals surface area contributed by atoms with Gasteiger partial charge in [-0.05, 0) is 48.3 Å². The molecule has 0 spiro atoms. The number of thiophene rings is 1. The van der Waals surface area contributed by atoms with Crippen molar-refractivity contribution in [3.05, 3.63) is 44.8 Å². The number of hydrogen-bond donors (Lipinski definition) is 2. The third kappa shape index (κ3) is 4.90. The number of nitrogens with zero attached hydrogens (tertiary/aromatic N) is 1. The largest absolute Gasteiger partial charge is 0.497 e. The maximum absolute atomic E-state index is 12.9. The van der Waals surface area contributed by atoms with Crippen LogP contribution in [0.2, 0.25) is 0 Å². The Bertz CT molecular complexity index is 1240. The molecule has 33 heavy (non-hydrogen) atoms. The monoisotopic (exact) mass is 469 g/mol. The number of aromatic amines is 1. The van der Waals surface area contributed by atoms with Gasteiger partial charge in [0.15, 0.2) is 0 Å². The number of carbonyl (C=O) groups is 1. The Labute approximate surface area is 197 Å². The highest BCUT2D eigenvalue weighted by Gasteiger charge is 2.31. The zero-order valence-corrected chi connectivity index (χ0v) is 20.6. The number of rotatable bonds is 6. The van der Waals surface area contributed by atoms with E-state index in [0.717, 1.165) is 29.5 Å². The number of fused-ring (bicyclic) bond motifs is 3. The summed E-state index contributed by atoms with van der Waals surface area (Å²) in [6.45, 7) is 6.85. The van der Waals surface area contributed by atoms with Crippen LogP contribution in [0.1, 0.15) is 49.9 Å². The lowest BCUT2D eigenvalue weighted by Crippen LogP contribution is -2.26. The molecule has 8 heteroatoms. The standard InChI is InChI=1S/C25H31N3O4S/c1-25(2,3)14-6-8-16-19(12-14)33-24-22(16)23(30)27-20(28-24)10-11-21(29)26-17-9-7-15(31-4)13-18(17)32-5/h7,9,13-14H,6,8,10-12H2,1-5H3,(H,26,29)(H,27,28,30). The van der Waals surface area contributed by atoms with E-state index in [9.17, 15) is 9.59 Å². The molecule has 1 amide bonds. The first-order valence-corrected chi connectivity index (χ1v) is 12.1. The summed E-state index contributed by atoms with van der Waals surface area (Å²) >= 11 is 1.63. The fourth-order valence-corrected chi connectivity index (χ4v) is 5.75. The molecule has 0 saturated carbocycles. The topological polar surface area (TPSA) is 93.3 Å². The Morgan fingerprint density at radius 3 is 2.76 bits per heavy atom. The number of methoxy groups -OCH3 is 2. The van der Waals surface area contributed by atoms with Crippen molar-refractivity contribution in [3.63, 3.8) is 0 Å². The molecule has 176 valence electrons. The number of aromatic nitrogens is 2. The minimum Gasteiger partial charge on any atom is -0.497 e. The van der Waals surface area contributed by atoms with Crippen LogP contribution in [-0.2, 0) is 24.1 Å². The molecule has 2 aromatic heterocycles. The Balaban J connectivity index is 1.48. The molecular weight excluding hydrogens is 438 g/mol. The van der Waals surface area contributed by atoms with E-state index in [1.807, 2.05) is 0 Å². The molecule has 1 aliphatic rings. The van der Waals surface area contributed by atoms with Gasteiger partial charge < -0.3 is 19.8 Å². The molecule has 0 saturated heterocycles. The SMILES string of the molecule is COc1ccc(NC(=O)CCc2nc3sc4c(c3c(=O)[nH]2)CCC(C(C)(C)C)C4)c(OC)c1. The van der Waals surface area contributed by atoms with Gasteiger partial charge >= 0.3 is 0 Å². The zero-order valence-electron chi connectivity index (χ0n) is 19.8. The summed E-state index contributed by atoms with van der Waals surface area (Å²) in [7, 11) is 3.11. The average Bonchev–Trinajstić information content (AvgIpc) is 3.15. The Kier molecular flexibility index (Phi) is 6.47. The van der Waals surface area contributed by atoms with Crippen molar-refractivity contribution in [2.24, 2.45) is 11.3 Å². The third-order valence-corrected chi connectivity index (χ3v) is 7.61. The fourth-order valence-electron chi connectivity index (χ4n) is 4.43. The summed E-state index contributed by atoms with van der Waals surface area (Å²) < 4.78 is 10.5. The number of ether oxygens (including phenoxy) is 2. The van der Waals surface area contributed by atoms with Crippen LogP contribution in [0.3, 0.4) is 0 Å². The van der Waals surface area contributed by atoms with E-state index >= 15 is 0 Å². The van der Waals surface area contributed by atoms with Crippen LogP contribution in [-0.4, -0.2) is 30.1 Å². The molecule has 1 aliphatic carbocycles. The predicted octanol–water partition coefficient (Wildman–Crippen LogP) is 4.72. The molecule has 3 aromatic rings. The number of H-pyrrole nitrogens is 1. The van der Waals surface area contributed by atoms with Crippen molar-refractivity contribution in [2.75, 3.05) is 19.5 Å². The Morgan fingerprint density at radius 1 is 1.27 bits per heavy atom. The van der Waals surface area contributed by atoms with E-state index in [1.54, 1.807) is 43.8 Å². The van der Waals surface area contributed by atoms with Crippen LogP contribution >= 0.6 is 11.3 Å². The van der Waals surface area contributed by atoms with E-state index in [4.69, 9.17) is 14.5 Å². The average molecular weight is 470 g/mol. The van der Waals surface area contributed by atoms with Gasteiger partial charge in [0.05, 0.1) is 25.3 Å². The van der Waals surface area contributed by atoms with Gasteiger partial charge in [0.2, 0.25) is 5.91 Å². The number of aryl methyl sites for hydroxylation is 2. The lowest BCUT2D eigenvalue weighted by atomic mass is 9.72. The number of anilines is 1. The number of nitrogens with one attached hydrogen (secondary N) is 2. The summed E-state index contributed by atoms with van der Waals surface area (Å²) in [4.78, 5) is 35.1. The van der Waals surface area contributed by atoms with E-state index in [-0.39, 0.29) is 23.3 Å². The van der Waals surface area contributed by atoms with Crippen molar-refractivity contribution in [2.45, 2.75) is 52.9 Å². The molecule has 0 aliphatic heterocycles. The van der Waals surface area contributed by atoms with Crippen LogP contribution in [0, 0.1) is 11.3 Å². The van der Waals surface area contributed by atoms with Crippen molar-refractivity contribution in [1.29, 1.82) is 0 Å². The molecule has 0 bridgehead atoms. The van der Waals surface area contributed by atoms with Gasteiger partial charge in [0.25, 0.3) is 5.56 Å². The minimum absolute atomic E-state index is 0.0982. The van der Waals surface area contributed by atoms with E-state index in [1.165, 1.54) is 10.4 Å². The lowest BCUT2D eigenvalue weighted by molar-refractivity contribution is -0.116. The second-order valence-corrected chi connectivity index (χ2v) is 10.7. The summed E-state index contributed by atoms with van der Waals surface area (Å²) in [5.41, 5.74) is 1.89. The lowest BCUT2D eigenvalue weighted by Gasteiger charge is -2.33. The zero-order chi connectivity index (χ0) is 23.8. The number of carbonyl (C=O) groups excluding carboxylic acids is 1. The first-order chi connectivity index (χ1) is 15.7. The van der Waals surface area contributed by atoms with Gasteiger partial charge in [-0.15, -0.1) is 11.3 Å². The molecule has 1 aromatic carbocycles. The maximum Gasteiger partial charge on any atom is 0.259 e. The molecule has 2 heterocycles. The molecule has 4 rings (SSSR count). The van der Waals surface area contributed by atoms with Crippen LogP contribution in [0.15, 0.2) is 23.0 Å². The summed E-state index contributed by atoms with van der Waals surface area (Å²) in [5.74, 6) is 2.13. The van der Waals surface area contributed by atoms with Gasteiger partial charge in [-0.25, -0.2) is 4.98 Å². The van der Waals surface area contributed by atoms with E-state index in [2.05, 4.69) is 31.1 Å². The van der Waals surface area contributed by atoms with Crippen LogP contribution in [0.25, 0.3) is 10.2 Å². The van der Waals surface area contributed by atoms with Gasteiger partial charge in [0.1, 0.15) is 22.2 Å². The molecule has 0 fully saturated rings. The first kappa shape index (κ1) is 23.3. The molecule has 1 atom stereocenters. The third-order valence-electron chi connectivity index (χ3n) is 6.46. The highest BCUT2D eigenvalue weighted by atomic mass is 32.1. The van der Waals surface area contributed by atoms with Crippen molar-refractivity contribution >= 4 is 33.1 Å². The predicted molar refractivity (Wildman–Crippen MR) is 132 cm³/mol. The van der Waals surface area contributed by atoms with E-state index in [0.29, 0.717) is 35.3 Å². The van der Waals surface area contributed by atoms with Gasteiger partial charge in [0, 0.05) is 23.8 Å². The first-order valence-electron chi connectivity index (χ1n) is 11.2. The Morgan fingerprint density at radius 2 is 2.06 bits per heavy atom. The number of hydrogen-bond acceptors (Lipinski definition) is 6. The number of benzene rings is 1. The highest BCUT2D eigenvalue weighted by Crippen LogP contribution is 2.42. The molecule has 1 unspecified atom stereocenters. The second-order valence-electron chi connectivity index (χ2n) is 9.62. The quantitative estimate of drug-likeness (QED) is 0.545. The van der Waals surface area contributed by atoms with Crippen molar-refractivity contribution < 1.29 is 14.3 Å². The Hall–Kier alpha value is -2.87. The van der Waals surface area contributed by atoms with Gasteiger partial charge in [-0.1, -0.05) is 20.8 Å². The number of amides is 1. The van der Waals surface area contributed by atoms with Crippen LogP contribution in [0.5, 0.6) is 11.5 Å². The molecule has 0 radical (unpaired) electrons. The van der Waals surface area contributed by atoms with Crippen molar-refractivity contribution in [3.8, 4) is 11.5 Å². The van der Waals surface area contributed by atoms with Crippen LogP contribution in [0.4, 0.5) is 5.69 Å².